The van der Waals surface area contributed by atoms with E-state index in [0.29, 0.717) is 5.92 Å². The molecule has 1 N–H and O–H groups in total. The summed E-state index contributed by atoms with van der Waals surface area (Å²) in [5.41, 5.74) is 0.858. The van der Waals surface area contributed by atoms with Crippen LogP contribution in [0.3, 0.4) is 0 Å². The Bertz CT molecular complexity index is 571. The highest BCUT2D eigenvalue weighted by Crippen LogP contribution is 2.35. The summed E-state index contributed by atoms with van der Waals surface area (Å²) in [6.07, 6.45) is 6.10. The zero-order valence-corrected chi connectivity index (χ0v) is 12.0. The summed E-state index contributed by atoms with van der Waals surface area (Å²) in [7, 11) is 1.65. The van der Waals surface area contributed by atoms with Crippen LogP contribution in [0.4, 0.5) is 0 Å². The maximum absolute atomic E-state index is 6.24. The predicted octanol–water partition coefficient (Wildman–Crippen LogP) is 2.21. The summed E-state index contributed by atoms with van der Waals surface area (Å²) in [5, 5.41) is 3.38. The number of methoxy groups -OCH3 is 1. The summed E-state index contributed by atoms with van der Waals surface area (Å²) in [4.78, 5) is 8.59. The molecule has 0 radical (unpaired) electrons. The third-order valence-electron chi connectivity index (χ3n) is 3.72. The normalized spacial score (nSPS) is 19.2. The number of ether oxygens (including phenoxy) is 2. The molecular weight excluding hydrogens is 266 g/mol. The quantitative estimate of drug-likeness (QED) is 0.913. The Morgan fingerprint density at radius 1 is 1.24 bits per heavy atom. The van der Waals surface area contributed by atoms with Crippen LogP contribution in [-0.2, 0) is 0 Å². The lowest BCUT2D eigenvalue weighted by molar-refractivity contribution is 0.134. The van der Waals surface area contributed by atoms with Crippen LogP contribution in [0.25, 0.3) is 0 Å². The molecular formula is C16H19N3O2. The van der Waals surface area contributed by atoms with Crippen molar-refractivity contribution in [1.82, 2.24) is 15.3 Å². The van der Waals surface area contributed by atoms with Crippen molar-refractivity contribution in [2.45, 2.75) is 12.5 Å². The van der Waals surface area contributed by atoms with E-state index in [1.165, 1.54) is 0 Å². The molecule has 0 saturated carbocycles. The highest BCUT2D eigenvalue weighted by molar-refractivity contribution is 5.39. The van der Waals surface area contributed by atoms with Crippen molar-refractivity contribution in [2.24, 2.45) is 5.92 Å². The van der Waals surface area contributed by atoms with Crippen LogP contribution in [0.5, 0.6) is 11.5 Å². The first-order chi connectivity index (χ1) is 10.4. The molecule has 0 unspecified atom stereocenters. The molecule has 1 fully saturated rings. The number of hydrogen-bond acceptors (Lipinski definition) is 5. The first kappa shape index (κ1) is 13.8. The molecule has 5 nitrogen and oxygen atoms in total. The van der Waals surface area contributed by atoms with Crippen molar-refractivity contribution >= 4 is 0 Å². The van der Waals surface area contributed by atoms with Gasteiger partial charge in [-0.2, -0.15) is 0 Å². The highest BCUT2D eigenvalue weighted by Gasteiger charge is 2.29. The molecule has 5 heteroatoms. The average molecular weight is 285 g/mol. The molecule has 1 saturated heterocycles. The minimum atomic E-state index is -0.120. The van der Waals surface area contributed by atoms with E-state index in [-0.39, 0.29) is 6.10 Å². The molecule has 1 aromatic carbocycles. The second kappa shape index (κ2) is 6.54. The van der Waals surface area contributed by atoms with Gasteiger partial charge in [-0.1, -0.05) is 12.1 Å². The van der Waals surface area contributed by atoms with Gasteiger partial charge in [-0.25, -0.2) is 0 Å². The van der Waals surface area contributed by atoms with E-state index < -0.39 is 0 Å². The first-order valence-electron chi connectivity index (χ1n) is 7.15. The largest absolute Gasteiger partial charge is 0.493 e. The van der Waals surface area contributed by atoms with Gasteiger partial charge in [0.2, 0.25) is 0 Å². The lowest BCUT2D eigenvalue weighted by atomic mass is 9.99. The van der Waals surface area contributed by atoms with Gasteiger partial charge in [0, 0.05) is 24.9 Å². The van der Waals surface area contributed by atoms with Gasteiger partial charge in [0.15, 0.2) is 11.5 Å². The van der Waals surface area contributed by atoms with Crippen LogP contribution in [0, 0.1) is 5.92 Å². The van der Waals surface area contributed by atoms with Gasteiger partial charge < -0.3 is 14.8 Å². The predicted molar refractivity (Wildman–Crippen MR) is 79.4 cm³/mol. The van der Waals surface area contributed by atoms with E-state index in [0.717, 1.165) is 36.7 Å². The van der Waals surface area contributed by atoms with Gasteiger partial charge in [-0.05, 0) is 25.1 Å². The van der Waals surface area contributed by atoms with Gasteiger partial charge in [0.05, 0.1) is 19.0 Å². The molecule has 2 atom stereocenters. The summed E-state index contributed by atoms with van der Waals surface area (Å²) in [5.74, 6) is 1.85. The van der Waals surface area contributed by atoms with Crippen LogP contribution in [-0.4, -0.2) is 30.2 Å². The molecule has 2 aromatic rings. The Morgan fingerprint density at radius 2 is 2.10 bits per heavy atom. The second-order valence-electron chi connectivity index (χ2n) is 5.07. The molecule has 0 spiro atoms. The van der Waals surface area contributed by atoms with Gasteiger partial charge in [-0.15, -0.1) is 0 Å². The monoisotopic (exact) mass is 285 g/mol. The number of hydrogen-bond donors (Lipinski definition) is 1. The Balaban J connectivity index is 1.88. The average Bonchev–Trinajstić information content (AvgIpc) is 3.08. The molecule has 0 aliphatic carbocycles. The zero-order valence-electron chi connectivity index (χ0n) is 12.0. The Hall–Kier alpha value is -2.14. The molecule has 1 aromatic heterocycles. The van der Waals surface area contributed by atoms with Crippen LogP contribution in [0.1, 0.15) is 18.2 Å². The molecule has 21 heavy (non-hydrogen) atoms. The fourth-order valence-corrected chi connectivity index (χ4v) is 2.64. The molecule has 1 aliphatic rings. The summed E-state index contributed by atoms with van der Waals surface area (Å²) in [6.45, 7) is 1.94. The number of rotatable bonds is 5. The second-order valence-corrected chi connectivity index (χ2v) is 5.07. The minimum Gasteiger partial charge on any atom is -0.493 e. The van der Waals surface area contributed by atoms with Crippen molar-refractivity contribution in [3.8, 4) is 11.5 Å². The maximum atomic E-state index is 6.24. The van der Waals surface area contributed by atoms with E-state index >= 15 is 0 Å². The Labute approximate surface area is 124 Å². The number of para-hydroxylation sites is 2. The molecule has 110 valence electrons. The molecule has 2 heterocycles. The fourth-order valence-electron chi connectivity index (χ4n) is 2.64. The standard InChI is InChI=1S/C16H19N3O2/c1-20-14-4-2-3-5-15(14)21-16(12-6-7-17-10-12)13-11-18-8-9-19-13/h2-5,8-9,11-12,16-17H,6-7,10H2,1H3/t12-,16+/m0/s1. The zero-order chi connectivity index (χ0) is 14.5. The maximum Gasteiger partial charge on any atom is 0.162 e. The number of benzene rings is 1. The van der Waals surface area contributed by atoms with E-state index in [1.807, 2.05) is 24.3 Å². The molecule has 1 aliphatic heterocycles. The minimum absolute atomic E-state index is 0.120. The lowest BCUT2D eigenvalue weighted by Gasteiger charge is -2.24. The SMILES string of the molecule is COc1ccccc1O[C@@H](c1cnccn1)[C@H]1CCNC1. The van der Waals surface area contributed by atoms with Gasteiger partial charge >= 0.3 is 0 Å². The number of nitrogens with one attached hydrogen (secondary N) is 1. The fraction of sp³-hybridized carbons (Fsp3) is 0.375. The molecule has 0 amide bonds. The van der Waals surface area contributed by atoms with E-state index in [1.54, 1.807) is 25.7 Å². The Morgan fingerprint density at radius 3 is 2.76 bits per heavy atom. The third-order valence-corrected chi connectivity index (χ3v) is 3.72. The van der Waals surface area contributed by atoms with Gasteiger partial charge in [0.25, 0.3) is 0 Å². The van der Waals surface area contributed by atoms with Crippen molar-refractivity contribution < 1.29 is 9.47 Å². The van der Waals surface area contributed by atoms with Crippen LogP contribution in [0.15, 0.2) is 42.9 Å². The highest BCUT2D eigenvalue weighted by atomic mass is 16.5. The smallest absolute Gasteiger partial charge is 0.162 e. The van der Waals surface area contributed by atoms with E-state index in [2.05, 4.69) is 15.3 Å². The Kier molecular flexibility index (Phi) is 4.31. The molecule has 0 bridgehead atoms. The van der Waals surface area contributed by atoms with Crippen molar-refractivity contribution in [2.75, 3.05) is 20.2 Å². The molecule has 3 rings (SSSR count). The summed E-state index contributed by atoms with van der Waals surface area (Å²) >= 11 is 0. The topological polar surface area (TPSA) is 56.3 Å². The summed E-state index contributed by atoms with van der Waals surface area (Å²) < 4.78 is 11.6. The van der Waals surface area contributed by atoms with Gasteiger partial charge in [0.1, 0.15) is 6.10 Å². The van der Waals surface area contributed by atoms with Crippen LogP contribution >= 0.6 is 0 Å². The van der Waals surface area contributed by atoms with Crippen molar-refractivity contribution in [3.63, 3.8) is 0 Å². The van der Waals surface area contributed by atoms with E-state index in [4.69, 9.17) is 9.47 Å². The van der Waals surface area contributed by atoms with Gasteiger partial charge in [-0.3, -0.25) is 9.97 Å². The van der Waals surface area contributed by atoms with E-state index in [9.17, 15) is 0 Å². The lowest BCUT2D eigenvalue weighted by Crippen LogP contribution is -2.22. The summed E-state index contributed by atoms with van der Waals surface area (Å²) in [6, 6.07) is 7.69. The number of nitrogens with zero attached hydrogens (tertiary/aromatic N) is 2. The van der Waals surface area contributed by atoms with Crippen LogP contribution in [0.2, 0.25) is 0 Å². The third kappa shape index (κ3) is 3.13. The first-order valence-corrected chi connectivity index (χ1v) is 7.15. The van der Waals surface area contributed by atoms with Crippen LogP contribution < -0.4 is 14.8 Å². The number of aromatic nitrogens is 2. The van der Waals surface area contributed by atoms with Crippen molar-refractivity contribution in [1.29, 1.82) is 0 Å². The van der Waals surface area contributed by atoms with Crippen molar-refractivity contribution in [3.05, 3.63) is 48.5 Å².